The van der Waals surface area contributed by atoms with Gasteiger partial charge in [-0.3, -0.25) is 14.2 Å². The van der Waals surface area contributed by atoms with Crippen LogP contribution in [0.15, 0.2) is 48.8 Å². The number of hydrogen-bond donors (Lipinski definition) is 1. The van der Waals surface area contributed by atoms with Gasteiger partial charge in [-0.05, 0) is 91.0 Å². The van der Waals surface area contributed by atoms with Crippen LogP contribution in [-0.4, -0.2) is 92.2 Å². The van der Waals surface area contributed by atoms with E-state index in [0.29, 0.717) is 54.1 Å². The van der Waals surface area contributed by atoms with Crippen LogP contribution in [0, 0.1) is 17.8 Å². The maximum absolute atomic E-state index is 14.7. The molecule has 6 heterocycles. The molecule has 8 rings (SSSR count). The van der Waals surface area contributed by atoms with Crippen LogP contribution in [0.4, 0.5) is 26.0 Å². The number of aromatic nitrogens is 4. The molecule has 1 amide bonds. The van der Waals surface area contributed by atoms with Crippen LogP contribution in [0.5, 0.6) is 0 Å². The van der Waals surface area contributed by atoms with Gasteiger partial charge in [0.05, 0.1) is 24.3 Å². The minimum atomic E-state index is -2.65. The number of carbonyl (C=O) groups is 2. The van der Waals surface area contributed by atoms with Gasteiger partial charge in [0.2, 0.25) is 5.91 Å². The number of alkyl halides is 2. The van der Waals surface area contributed by atoms with Crippen molar-refractivity contribution in [2.24, 2.45) is 24.8 Å². The number of carbonyl (C=O) groups excluding carboxylic acids is 1. The molecule has 55 heavy (non-hydrogen) atoms. The summed E-state index contributed by atoms with van der Waals surface area (Å²) >= 11 is 0. The van der Waals surface area contributed by atoms with E-state index in [-0.39, 0.29) is 17.5 Å². The highest BCUT2D eigenvalue weighted by Gasteiger charge is 2.37. The van der Waals surface area contributed by atoms with Crippen LogP contribution in [0.2, 0.25) is 0 Å². The molecule has 2 fully saturated rings. The number of aromatic carboxylic acids is 1. The number of nitrogens with zero attached hydrogens (tertiary/aromatic N) is 8. The molecule has 2 aromatic heterocycles. The molecule has 1 unspecified atom stereocenters. The van der Waals surface area contributed by atoms with Crippen LogP contribution >= 0.6 is 0 Å². The number of rotatable bonds is 8. The van der Waals surface area contributed by atoms with Crippen molar-refractivity contribution >= 4 is 29.1 Å². The second-order valence-corrected chi connectivity index (χ2v) is 16.3. The van der Waals surface area contributed by atoms with Crippen LogP contribution in [0.25, 0.3) is 11.1 Å². The lowest BCUT2D eigenvalue weighted by Gasteiger charge is -2.45. The van der Waals surface area contributed by atoms with Gasteiger partial charge >= 0.3 is 5.97 Å². The van der Waals surface area contributed by atoms with Crippen molar-refractivity contribution in [3.8, 4) is 11.1 Å². The van der Waals surface area contributed by atoms with Crippen molar-refractivity contribution in [3.05, 3.63) is 76.7 Å². The lowest BCUT2D eigenvalue weighted by molar-refractivity contribution is -0.129. The Hall–Kier alpha value is -4.78. The van der Waals surface area contributed by atoms with Crippen molar-refractivity contribution in [2.75, 3.05) is 55.6 Å². The molecule has 1 N–H and O–H groups in total. The maximum atomic E-state index is 14.7. The quantitative estimate of drug-likeness (QED) is 0.206. The maximum Gasteiger partial charge on any atom is 0.335 e. The Morgan fingerprint density at radius 2 is 1.71 bits per heavy atom. The summed E-state index contributed by atoms with van der Waals surface area (Å²) in [6.07, 6.45) is 5.11. The molecule has 0 saturated carbocycles. The number of carboxylic acids is 1. The number of fused-ring (bicyclic) bond motifs is 2. The molecule has 292 valence electrons. The summed E-state index contributed by atoms with van der Waals surface area (Å²) in [6, 6.07) is 11.0. The van der Waals surface area contributed by atoms with E-state index in [4.69, 9.17) is 5.10 Å². The zero-order valence-electron chi connectivity index (χ0n) is 32.3. The molecule has 3 atom stereocenters. The first-order chi connectivity index (χ1) is 26.4. The van der Waals surface area contributed by atoms with E-state index in [1.807, 2.05) is 23.1 Å². The van der Waals surface area contributed by atoms with Crippen LogP contribution in [0.1, 0.15) is 85.2 Å². The van der Waals surface area contributed by atoms with Gasteiger partial charge in [-0.15, -0.1) is 0 Å². The summed E-state index contributed by atoms with van der Waals surface area (Å²) in [4.78, 5) is 33.0. The Morgan fingerprint density at radius 3 is 2.35 bits per heavy atom. The first-order valence-electron chi connectivity index (χ1n) is 19.8. The molecule has 4 aliphatic heterocycles. The summed E-state index contributed by atoms with van der Waals surface area (Å²) in [6.45, 7) is 13.0. The van der Waals surface area contributed by atoms with Crippen molar-refractivity contribution < 1.29 is 23.5 Å². The monoisotopic (exact) mass is 754 g/mol. The fraction of sp³-hybridized carbons (Fsp3) is 0.524. The van der Waals surface area contributed by atoms with Crippen molar-refractivity contribution in [2.45, 2.75) is 71.9 Å². The van der Waals surface area contributed by atoms with Gasteiger partial charge in [-0.1, -0.05) is 13.8 Å². The van der Waals surface area contributed by atoms with Gasteiger partial charge < -0.3 is 24.7 Å². The van der Waals surface area contributed by atoms with Crippen LogP contribution in [0.3, 0.4) is 0 Å². The average Bonchev–Trinajstić information content (AvgIpc) is 3.79. The Morgan fingerprint density at radius 1 is 0.982 bits per heavy atom. The van der Waals surface area contributed by atoms with E-state index < -0.39 is 12.4 Å². The van der Waals surface area contributed by atoms with E-state index in [0.717, 1.165) is 93.1 Å². The molecule has 0 radical (unpaired) electrons. The third kappa shape index (κ3) is 7.23. The first-order valence-corrected chi connectivity index (χ1v) is 19.8. The number of carboxylic acid groups (broad SMARTS) is 1. The summed E-state index contributed by atoms with van der Waals surface area (Å²) < 4.78 is 33.3. The lowest BCUT2D eigenvalue weighted by Crippen LogP contribution is -2.49. The highest BCUT2D eigenvalue weighted by atomic mass is 19.3. The molecule has 2 aromatic carbocycles. The smallest absolute Gasteiger partial charge is 0.335 e. The van der Waals surface area contributed by atoms with Gasteiger partial charge in [-0.2, -0.15) is 10.2 Å². The topological polar surface area (TPSA) is 103 Å². The van der Waals surface area contributed by atoms with Gasteiger partial charge in [0, 0.05) is 106 Å². The number of halogens is 2. The molecule has 0 bridgehead atoms. The van der Waals surface area contributed by atoms with Crippen molar-refractivity contribution in [3.63, 3.8) is 0 Å². The lowest BCUT2D eigenvalue weighted by atomic mass is 9.78. The van der Waals surface area contributed by atoms with E-state index in [1.54, 1.807) is 49.2 Å². The molecule has 4 aromatic rings. The van der Waals surface area contributed by atoms with E-state index in [1.165, 1.54) is 5.69 Å². The molecule has 2 saturated heterocycles. The number of benzene rings is 2. The fourth-order valence-corrected chi connectivity index (χ4v) is 9.71. The normalized spacial score (nSPS) is 22.2. The van der Waals surface area contributed by atoms with Gasteiger partial charge in [-0.25, -0.2) is 13.6 Å². The van der Waals surface area contributed by atoms with Gasteiger partial charge in [0.1, 0.15) is 0 Å². The Balaban J connectivity index is 1.01. The SMILES string of the molecule is CC(=O)N1CCc2c(c(N3CCCc4cc(-c5cnn(C)c5)c(C(F)F)cc43)nn2C2CCN(CC3[C@H](C)CN(c4ccc(C(=O)O)cc4)C[C@@H]3C)CC2)C1. The number of piperidine rings is 2. The third-order valence-electron chi connectivity index (χ3n) is 12.7. The molecule has 13 heteroatoms. The fourth-order valence-electron chi connectivity index (χ4n) is 9.71. The second kappa shape index (κ2) is 15.0. The largest absolute Gasteiger partial charge is 0.478 e. The molecule has 0 spiro atoms. The molecule has 11 nitrogen and oxygen atoms in total. The summed E-state index contributed by atoms with van der Waals surface area (Å²) in [5.74, 6) is 1.46. The zero-order valence-corrected chi connectivity index (χ0v) is 32.3. The molecular weight excluding hydrogens is 703 g/mol. The molecular formula is C42H52F2N8O3. The highest BCUT2D eigenvalue weighted by molar-refractivity contribution is 5.88. The number of amides is 1. The van der Waals surface area contributed by atoms with Gasteiger partial charge in [0.25, 0.3) is 6.43 Å². The molecule has 0 aliphatic carbocycles. The number of aryl methyl sites for hydroxylation is 2. The Kier molecular flexibility index (Phi) is 10.2. The standard InChI is InChI=1S/C42H52F2N8O3/c1-26-21-50(32-9-7-29(8-10-32)42(54)55)22-27(2)36(26)24-48-15-11-33(12-16-48)52-38-13-17-49(28(3)53)25-37(38)41(46-52)51-14-5-6-30-18-34(31-20-45-47(4)23-31)35(40(43)44)19-39(30)51/h7-10,18-20,23,26-27,33,36,40H,5-6,11-17,21-22,24-25H2,1-4H3,(H,54,55)/t26-,27+,36?. The predicted octanol–water partition coefficient (Wildman–Crippen LogP) is 6.95. The van der Waals surface area contributed by atoms with E-state index in [9.17, 15) is 23.5 Å². The van der Waals surface area contributed by atoms with E-state index in [2.05, 4.69) is 38.3 Å². The Bertz CT molecular complexity index is 2040. The highest BCUT2D eigenvalue weighted by Crippen LogP contribution is 2.44. The van der Waals surface area contributed by atoms with Crippen LogP contribution < -0.4 is 9.80 Å². The minimum Gasteiger partial charge on any atom is -0.478 e. The average molecular weight is 755 g/mol. The number of hydrogen-bond acceptors (Lipinski definition) is 7. The number of likely N-dealkylation sites (tertiary alicyclic amines) is 1. The Labute approximate surface area is 321 Å². The first kappa shape index (κ1) is 37.2. The van der Waals surface area contributed by atoms with Gasteiger partial charge in [0.15, 0.2) is 5.82 Å². The summed E-state index contributed by atoms with van der Waals surface area (Å²) in [5.41, 5.74) is 6.60. The van der Waals surface area contributed by atoms with Crippen LogP contribution in [-0.2, 0) is 31.2 Å². The zero-order chi connectivity index (χ0) is 38.5. The second-order valence-electron chi connectivity index (χ2n) is 16.3. The molecule has 4 aliphatic rings. The van der Waals surface area contributed by atoms with E-state index >= 15 is 0 Å². The summed E-state index contributed by atoms with van der Waals surface area (Å²) in [5, 5.41) is 18.9. The van der Waals surface area contributed by atoms with Crippen molar-refractivity contribution in [1.82, 2.24) is 29.4 Å². The third-order valence-corrected chi connectivity index (χ3v) is 12.7. The van der Waals surface area contributed by atoms with Crippen molar-refractivity contribution in [1.29, 1.82) is 0 Å². The minimum absolute atomic E-state index is 0.00612. The summed E-state index contributed by atoms with van der Waals surface area (Å²) in [7, 11) is 1.79. The number of anilines is 3. The predicted molar refractivity (Wildman–Crippen MR) is 208 cm³/mol.